The van der Waals surface area contributed by atoms with Gasteiger partial charge in [-0.3, -0.25) is 9.59 Å². The number of carbonyl (C=O) groups excluding carboxylic acids is 1. The zero-order valence-corrected chi connectivity index (χ0v) is 18.8. The summed E-state index contributed by atoms with van der Waals surface area (Å²) in [7, 11) is 0. The molecule has 2 fully saturated rings. The molecule has 30 heavy (non-hydrogen) atoms. The fourth-order valence-electron chi connectivity index (χ4n) is 4.82. The molecule has 0 aromatic heterocycles. The zero-order valence-electron chi connectivity index (χ0n) is 18.8. The summed E-state index contributed by atoms with van der Waals surface area (Å²) in [6.07, 6.45) is 14.6. The maximum atomic E-state index is 11.2. The predicted octanol–water partition coefficient (Wildman–Crippen LogP) is 6.08. The Labute approximate surface area is 181 Å². The molecule has 166 valence electrons. The van der Waals surface area contributed by atoms with Crippen molar-refractivity contribution < 1.29 is 19.4 Å². The maximum Gasteiger partial charge on any atom is 0.309 e. The lowest BCUT2D eigenvalue weighted by Crippen LogP contribution is -2.14. The van der Waals surface area contributed by atoms with Crippen molar-refractivity contribution in [1.29, 1.82) is 0 Å². The van der Waals surface area contributed by atoms with Crippen LogP contribution in [0.5, 0.6) is 0 Å². The molecular weight excluding hydrogens is 376 g/mol. The number of carboxylic acids is 1. The normalized spacial score (nSPS) is 18.1. The standard InChI is InChI=1S/C26H38O4/c1-20-17-22(9-5-3-4-7-11-25(13-14-25)24(28)29)21(2)23(18-20)10-6-8-12-26(15-16-26)30-19-27/h17-19H,3-16H2,1-2H3,(H,28,29). The number of carboxylic acid groups (broad SMARTS) is 1. The van der Waals surface area contributed by atoms with Gasteiger partial charge in [-0.05, 0) is 101 Å². The Kier molecular flexibility index (Phi) is 7.60. The third-order valence-corrected chi connectivity index (χ3v) is 7.36. The number of benzene rings is 1. The summed E-state index contributed by atoms with van der Waals surface area (Å²) in [5.74, 6) is -0.589. The van der Waals surface area contributed by atoms with Crippen molar-refractivity contribution in [2.24, 2.45) is 5.41 Å². The van der Waals surface area contributed by atoms with Gasteiger partial charge in [0.2, 0.25) is 0 Å². The number of carbonyl (C=O) groups is 2. The highest BCUT2D eigenvalue weighted by Gasteiger charge is 2.49. The summed E-state index contributed by atoms with van der Waals surface area (Å²) in [6, 6.07) is 4.66. The van der Waals surface area contributed by atoms with Crippen LogP contribution in [0.1, 0.15) is 99.3 Å². The molecule has 4 nitrogen and oxygen atoms in total. The Hall–Kier alpha value is -1.84. The van der Waals surface area contributed by atoms with Crippen molar-refractivity contribution in [1.82, 2.24) is 0 Å². The van der Waals surface area contributed by atoms with E-state index in [1.807, 2.05) is 0 Å². The molecule has 1 aromatic carbocycles. The molecule has 0 amide bonds. The van der Waals surface area contributed by atoms with Gasteiger partial charge in [0, 0.05) is 0 Å². The average Bonchev–Trinajstić information content (AvgIpc) is 3.62. The van der Waals surface area contributed by atoms with Crippen LogP contribution in [-0.4, -0.2) is 23.1 Å². The molecule has 0 unspecified atom stereocenters. The van der Waals surface area contributed by atoms with Gasteiger partial charge in [0.15, 0.2) is 0 Å². The second-order valence-corrected chi connectivity index (χ2v) is 9.81. The summed E-state index contributed by atoms with van der Waals surface area (Å²) < 4.78 is 5.25. The first-order chi connectivity index (χ1) is 14.4. The number of aliphatic carboxylic acids is 1. The molecule has 0 bridgehead atoms. The molecule has 1 N–H and O–H groups in total. The summed E-state index contributed by atoms with van der Waals surface area (Å²) in [6.45, 7) is 5.05. The van der Waals surface area contributed by atoms with E-state index < -0.39 is 5.97 Å². The molecule has 2 aliphatic carbocycles. The number of unbranched alkanes of at least 4 members (excludes halogenated alkanes) is 4. The number of hydrogen-bond donors (Lipinski definition) is 1. The van der Waals surface area contributed by atoms with Crippen molar-refractivity contribution in [2.75, 3.05) is 0 Å². The van der Waals surface area contributed by atoms with E-state index >= 15 is 0 Å². The van der Waals surface area contributed by atoms with E-state index in [2.05, 4.69) is 26.0 Å². The molecule has 3 rings (SSSR count). The summed E-state index contributed by atoms with van der Waals surface area (Å²) >= 11 is 0. The Morgan fingerprint density at radius 1 is 0.933 bits per heavy atom. The fourth-order valence-corrected chi connectivity index (χ4v) is 4.82. The van der Waals surface area contributed by atoms with Crippen LogP contribution in [0.3, 0.4) is 0 Å². The molecular formula is C26H38O4. The largest absolute Gasteiger partial charge is 0.481 e. The quantitative estimate of drug-likeness (QED) is 0.279. The molecule has 0 saturated heterocycles. The van der Waals surface area contributed by atoms with Gasteiger partial charge < -0.3 is 9.84 Å². The lowest BCUT2D eigenvalue weighted by Gasteiger charge is -2.15. The topological polar surface area (TPSA) is 63.6 Å². The van der Waals surface area contributed by atoms with Crippen LogP contribution in [0.2, 0.25) is 0 Å². The van der Waals surface area contributed by atoms with Crippen LogP contribution in [0.25, 0.3) is 0 Å². The van der Waals surface area contributed by atoms with Gasteiger partial charge in [0.1, 0.15) is 5.60 Å². The number of hydrogen-bond acceptors (Lipinski definition) is 3. The van der Waals surface area contributed by atoms with E-state index in [1.165, 1.54) is 35.1 Å². The summed E-state index contributed by atoms with van der Waals surface area (Å²) in [5.41, 5.74) is 5.22. The van der Waals surface area contributed by atoms with Gasteiger partial charge in [-0.2, -0.15) is 0 Å². The van der Waals surface area contributed by atoms with Crippen LogP contribution in [0.15, 0.2) is 12.1 Å². The Balaban J connectivity index is 1.38. The molecule has 0 aliphatic heterocycles. The van der Waals surface area contributed by atoms with Crippen molar-refractivity contribution in [3.05, 3.63) is 34.4 Å². The zero-order chi connectivity index (χ0) is 21.6. The summed E-state index contributed by atoms with van der Waals surface area (Å²) in [4.78, 5) is 21.9. The lowest BCUT2D eigenvalue weighted by molar-refractivity contribution is -0.143. The highest BCUT2D eigenvalue weighted by atomic mass is 16.5. The van der Waals surface area contributed by atoms with Crippen molar-refractivity contribution in [2.45, 2.75) is 109 Å². The van der Waals surface area contributed by atoms with Crippen LogP contribution in [0.4, 0.5) is 0 Å². The van der Waals surface area contributed by atoms with Crippen molar-refractivity contribution >= 4 is 12.4 Å². The number of aryl methyl sites for hydroxylation is 3. The molecule has 0 atom stereocenters. The first-order valence-corrected chi connectivity index (χ1v) is 11.8. The van der Waals surface area contributed by atoms with Crippen LogP contribution in [-0.2, 0) is 27.2 Å². The van der Waals surface area contributed by atoms with Gasteiger partial charge in [-0.1, -0.05) is 37.0 Å². The number of rotatable bonds is 15. The Morgan fingerprint density at radius 3 is 2.03 bits per heavy atom. The third kappa shape index (κ3) is 6.09. The average molecular weight is 415 g/mol. The first kappa shape index (κ1) is 22.8. The molecule has 1 aromatic rings. The van der Waals surface area contributed by atoms with Crippen molar-refractivity contribution in [3.8, 4) is 0 Å². The Bertz CT molecular complexity index is 744. The minimum atomic E-state index is -0.589. The first-order valence-electron chi connectivity index (χ1n) is 11.8. The second kappa shape index (κ2) is 9.98. The van der Waals surface area contributed by atoms with E-state index in [0.29, 0.717) is 6.47 Å². The molecule has 0 spiro atoms. The predicted molar refractivity (Wildman–Crippen MR) is 119 cm³/mol. The molecule has 0 heterocycles. The van der Waals surface area contributed by atoms with Gasteiger partial charge in [-0.25, -0.2) is 0 Å². The minimum Gasteiger partial charge on any atom is -0.481 e. The van der Waals surface area contributed by atoms with Crippen LogP contribution < -0.4 is 0 Å². The maximum absolute atomic E-state index is 11.2. The van der Waals surface area contributed by atoms with Crippen LogP contribution in [0, 0.1) is 19.3 Å². The fraction of sp³-hybridized carbons (Fsp3) is 0.692. The second-order valence-electron chi connectivity index (χ2n) is 9.81. The van der Waals surface area contributed by atoms with Gasteiger partial charge in [0.05, 0.1) is 5.41 Å². The minimum absolute atomic E-state index is 0.127. The monoisotopic (exact) mass is 414 g/mol. The highest BCUT2D eigenvalue weighted by molar-refractivity contribution is 5.77. The van der Waals surface area contributed by atoms with E-state index in [0.717, 1.165) is 77.0 Å². The third-order valence-electron chi connectivity index (χ3n) is 7.36. The van der Waals surface area contributed by atoms with Gasteiger partial charge in [-0.15, -0.1) is 0 Å². The smallest absolute Gasteiger partial charge is 0.309 e. The molecule has 2 saturated carbocycles. The van der Waals surface area contributed by atoms with Crippen LogP contribution >= 0.6 is 0 Å². The Morgan fingerprint density at radius 2 is 1.50 bits per heavy atom. The van der Waals surface area contributed by atoms with E-state index in [4.69, 9.17) is 4.74 Å². The van der Waals surface area contributed by atoms with Gasteiger partial charge in [0.25, 0.3) is 6.47 Å². The SMILES string of the molecule is Cc1cc(CCCCCCC2(C(=O)O)CC2)c(C)c(CCCCC2(OC=O)CC2)c1. The number of ether oxygens (including phenoxy) is 1. The molecule has 2 aliphatic rings. The van der Waals surface area contributed by atoms with E-state index in [-0.39, 0.29) is 11.0 Å². The summed E-state index contributed by atoms with van der Waals surface area (Å²) in [5, 5.41) is 9.26. The van der Waals surface area contributed by atoms with E-state index in [9.17, 15) is 14.7 Å². The lowest BCUT2D eigenvalue weighted by atomic mass is 9.92. The van der Waals surface area contributed by atoms with Crippen molar-refractivity contribution in [3.63, 3.8) is 0 Å². The molecule has 0 radical (unpaired) electrons. The highest BCUT2D eigenvalue weighted by Crippen LogP contribution is 2.50. The molecule has 4 heteroatoms. The van der Waals surface area contributed by atoms with Gasteiger partial charge >= 0.3 is 5.97 Å². The van der Waals surface area contributed by atoms with E-state index in [1.54, 1.807) is 0 Å².